The molecule has 0 aliphatic carbocycles. The molecule has 0 amide bonds. The van der Waals surface area contributed by atoms with Gasteiger partial charge in [-0.1, -0.05) is 24.3 Å². The summed E-state index contributed by atoms with van der Waals surface area (Å²) in [6.45, 7) is 3.94. The average molecular weight is 318 g/mol. The summed E-state index contributed by atoms with van der Waals surface area (Å²) in [6.07, 6.45) is -0.900. The molecule has 1 atom stereocenters. The minimum Gasteiger partial charge on any atom is -0.387 e. The first-order valence-electron chi connectivity index (χ1n) is 7.23. The summed E-state index contributed by atoms with van der Waals surface area (Å²) < 4.78 is 13.3. The molecule has 0 aliphatic rings. The van der Waals surface area contributed by atoms with Gasteiger partial charge in [0.2, 0.25) is 0 Å². The second-order valence-corrected chi connectivity index (χ2v) is 5.88. The molecule has 0 saturated carbocycles. The number of nitrogens with one attached hydrogen (secondary N) is 1. The van der Waals surface area contributed by atoms with Crippen LogP contribution < -0.4 is 5.32 Å². The number of halogens is 1. The van der Waals surface area contributed by atoms with E-state index in [9.17, 15) is 19.6 Å². The van der Waals surface area contributed by atoms with Gasteiger partial charge in [0.05, 0.1) is 11.0 Å². The predicted molar refractivity (Wildman–Crippen MR) is 85.5 cm³/mol. The Labute approximate surface area is 133 Å². The van der Waals surface area contributed by atoms with Crippen molar-refractivity contribution in [2.24, 2.45) is 0 Å². The van der Waals surface area contributed by atoms with Crippen molar-refractivity contribution in [3.63, 3.8) is 0 Å². The molecule has 0 aliphatic heterocycles. The van der Waals surface area contributed by atoms with Crippen LogP contribution >= 0.6 is 0 Å². The number of benzene rings is 2. The minimum absolute atomic E-state index is 0.0639. The smallest absolute Gasteiger partial charge is 0.269 e. The number of non-ortho nitro benzene ring substituents is 1. The molecule has 0 fully saturated rings. The highest BCUT2D eigenvalue weighted by Crippen LogP contribution is 2.23. The van der Waals surface area contributed by atoms with Crippen LogP contribution in [0.3, 0.4) is 0 Å². The van der Waals surface area contributed by atoms with Crippen molar-refractivity contribution in [2.45, 2.75) is 25.5 Å². The van der Waals surface area contributed by atoms with Gasteiger partial charge in [-0.25, -0.2) is 4.39 Å². The van der Waals surface area contributed by atoms with Crippen LogP contribution in [0.15, 0.2) is 48.5 Å². The molecule has 0 spiro atoms. The summed E-state index contributed by atoms with van der Waals surface area (Å²) >= 11 is 0. The lowest BCUT2D eigenvalue weighted by atomic mass is 9.93. The molecule has 6 heteroatoms. The van der Waals surface area contributed by atoms with Gasteiger partial charge in [0, 0.05) is 24.2 Å². The Morgan fingerprint density at radius 2 is 1.96 bits per heavy atom. The van der Waals surface area contributed by atoms with Crippen LogP contribution in [0.5, 0.6) is 0 Å². The molecule has 1 unspecified atom stereocenters. The third-order valence-corrected chi connectivity index (χ3v) is 3.75. The van der Waals surface area contributed by atoms with Gasteiger partial charge in [-0.3, -0.25) is 10.1 Å². The first kappa shape index (κ1) is 17.1. The fraction of sp³-hybridized carbons (Fsp3) is 0.294. The van der Waals surface area contributed by atoms with Crippen LogP contribution in [0, 0.1) is 15.9 Å². The summed E-state index contributed by atoms with van der Waals surface area (Å²) in [5.74, 6) is -0.323. The molecule has 2 aromatic rings. The van der Waals surface area contributed by atoms with Crippen molar-refractivity contribution < 1.29 is 14.4 Å². The zero-order valence-electron chi connectivity index (χ0n) is 13.0. The van der Waals surface area contributed by atoms with Gasteiger partial charge in [-0.05, 0) is 37.1 Å². The number of nitrogens with zero attached hydrogens (tertiary/aromatic N) is 1. The summed E-state index contributed by atoms with van der Waals surface area (Å²) in [5.41, 5.74) is 0.598. The lowest BCUT2D eigenvalue weighted by Crippen LogP contribution is -2.39. The molecule has 2 aromatic carbocycles. The molecular weight excluding hydrogens is 299 g/mol. The fourth-order valence-electron chi connectivity index (χ4n) is 2.29. The van der Waals surface area contributed by atoms with Crippen LogP contribution in [0.25, 0.3) is 0 Å². The normalized spacial score (nSPS) is 12.9. The highest BCUT2D eigenvalue weighted by molar-refractivity contribution is 5.35. The Bertz CT molecular complexity index is 704. The van der Waals surface area contributed by atoms with Crippen molar-refractivity contribution in [3.8, 4) is 0 Å². The van der Waals surface area contributed by atoms with Gasteiger partial charge in [-0.15, -0.1) is 0 Å². The molecule has 0 radical (unpaired) electrons. The Kier molecular flexibility index (Phi) is 5.08. The number of nitro benzene ring substituents is 1. The van der Waals surface area contributed by atoms with Crippen molar-refractivity contribution in [2.75, 3.05) is 6.54 Å². The van der Waals surface area contributed by atoms with E-state index in [0.29, 0.717) is 5.56 Å². The van der Waals surface area contributed by atoms with E-state index in [-0.39, 0.29) is 18.0 Å². The van der Waals surface area contributed by atoms with E-state index in [1.54, 1.807) is 18.2 Å². The van der Waals surface area contributed by atoms with E-state index >= 15 is 0 Å². The second-order valence-electron chi connectivity index (χ2n) is 5.88. The van der Waals surface area contributed by atoms with E-state index in [2.05, 4.69) is 5.32 Å². The van der Waals surface area contributed by atoms with Gasteiger partial charge >= 0.3 is 0 Å². The zero-order valence-corrected chi connectivity index (χ0v) is 13.0. The van der Waals surface area contributed by atoms with Crippen molar-refractivity contribution in [3.05, 3.63) is 75.6 Å². The summed E-state index contributed by atoms with van der Waals surface area (Å²) in [5, 5.41) is 24.2. The van der Waals surface area contributed by atoms with Crippen LogP contribution in [-0.4, -0.2) is 16.6 Å². The maximum Gasteiger partial charge on any atom is 0.269 e. The van der Waals surface area contributed by atoms with Crippen molar-refractivity contribution in [1.82, 2.24) is 5.32 Å². The van der Waals surface area contributed by atoms with Crippen LogP contribution in [0.1, 0.15) is 31.1 Å². The Morgan fingerprint density at radius 3 is 2.61 bits per heavy atom. The van der Waals surface area contributed by atoms with Crippen LogP contribution in [0.2, 0.25) is 0 Å². The number of hydrogen-bond donors (Lipinski definition) is 2. The van der Waals surface area contributed by atoms with Crippen molar-refractivity contribution >= 4 is 5.69 Å². The van der Waals surface area contributed by atoms with Gasteiger partial charge < -0.3 is 10.4 Å². The third kappa shape index (κ3) is 4.34. The average Bonchev–Trinajstić information content (AvgIpc) is 2.53. The first-order chi connectivity index (χ1) is 10.8. The molecule has 0 bridgehead atoms. The molecule has 2 N–H and O–H groups in total. The number of rotatable bonds is 6. The number of nitro groups is 1. The molecule has 2 rings (SSSR count). The lowest BCUT2D eigenvalue weighted by Gasteiger charge is -2.28. The molecule has 0 saturated heterocycles. The van der Waals surface area contributed by atoms with E-state index in [4.69, 9.17) is 0 Å². The Hall–Kier alpha value is -2.31. The summed E-state index contributed by atoms with van der Waals surface area (Å²) in [6, 6.07) is 12.1. The molecule has 23 heavy (non-hydrogen) atoms. The first-order valence-corrected chi connectivity index (χ1v) is 7.23. The van der Waals surface area contributed by atoms with Gasteiger partial charge in [0.15, 0.2) is 0 Å². The number of aliphatic hydroxyl groups excluding tert-OH is 1. The Balaban J connectivity index is 2.07. The number of hydrogen-bond acceptors (Lipinski definition) is 4. The SMILES string of the molecule is CC(C)(NCC(O)c1cccc([N+](=O)[O-])c1)c1cccc(F)c1. The van der Waals surface area contributed by atoms with Gasteiger partial charge in [-0.2, -0.15) is 0 Å². The van der Waals surface area contributed by atoms with E-state index in [0.717, 1.165) is 5.56 Å². The standard InChI is InChI=1S/C17H19FN2O3/c1-17(2,13-6-4-7-14(18)10-13)19-11-16(21)12-5-3-8-15(9-12)20(22)23/h3-10,16,19,21H,11H2,1-2H3. The van der Waals surface area contributed by atoms with E-state index in [1.165, 1.54) is 30.3 Å². The van der Waals surface area contributed by atoms with E-state index < -0.39 is 16.6 Å². The fourth-order valence-corrected chi connectivity index (χ4v) is 2.29. The molecule has 5 nitrogen and oxygen atoms in total. The molecule has 122 valence electrons. The van der Waals surface area contributed by atoms with E-state index in [1.807, 2.05) is 13.8 Å². The topological polar surface area (TPSA) is 75.4 Å². The zero-order chi connectivity index (χ0) is 17.0. The number of aliphatic hydroxyl groups is 1. The highest BCUT2D eigenvalue weighted by Gasteiger charge is 2.22. The largest absolute Gasteiger partial charge is 0.387 e. The summed E-state index contributed by atoms with van der Waals surface area (Å²) in [4.78, 5) is 10.3. The maximum atomic E-state index is 13.3. The summed E-state index contributed by atoms with van der Waals surface area (Å²) in [7, 11) is 0. The Morgan fingerprint density at radius 1 is 1.26 bits per heavy atom. The van der Waals surface area contributed by atoms with Gasteiger partial charge in [0.25, 0.3) is 5.69 Å². The molecule has 0 heterocycles. The van der Waals surface area contributed by atoms with Crippen molar-refractivity contribution in [1.29, 1.82) is 0 Å². The molecule has 0 aromatic heterocycles. The highest BCUT2D eigenvalue weighted by atomic mass is 19.1. The lowest BCUT2D eigenvalue weighted by molar-refractivity contribution is -0.385. The quantitative estimate of drug-likeness (QED) is 0.633. The minimum atomic E-state index is -0.900. The van der Waals surface area contributed by atoms with Crippen LogP contribution in [0.4, 0.5) is 10.1 Å². The molecular formula is C17H19FN2O3. The third-order valence-electron chi connectivity index (χ3n) is 3.75. The van der Waals surface area contributed by atoms with Crippen LogP contribution in [-0.2, 0) is 5.54 Å². The maximum absolute atomic E-state index is 13.3. The predicted octanol–water partition coefficient (Wildman–Crippen LogP) is 3.29. The monoisotopic (exact) mass is 318 g/mol. The van der Waals surface area contributed by atoms with Gasteiger partial charge in [0.1, 0.15) is 5.82 Å². The second kappa shape index (κ2) is 6.85.